The van der Waals surface area contributed by atoms with Crippen molar-refractivity contribution < 1.29 is 36.3 Å². The molecule has 5 nitrogen and oxygen atoms in total. The van der Waals surface area contributed by atoms with Gasteiger partial charge in [0.2, 0.25) is 5.82 Å². The topological polar surface area (TPSA) is 58.6 Å². The number of ether oxygens (including phenoxy) is 1. The fourth-order valence-corrected chi connectivity index (χ4v) is 1.39. The second kappa shape index (κ2) is 6.39. The van der Waals surface area contributed by atoms with Gasteiger partial charge in [0.1, 0.15) is 11.2 Å². The van der Waals surface area contributed by atoms with Gasteiger partial charge in [-0.3, -0.25) is 10.2 Å². The molecule has 0 bridgehead atoms. The van der Waals surface area contributed by atoms with Gasteiger partial charge in [-0.2, -0.15) is 0 Å². The van der Waals surface area contributed by atoms with E-state index < -0.39 is 52.3 Å². The van der Waals surface area contributed by atoms with Crippen molar-refractivity contribution in [3.05, 3.63) is 34.6 Å². The van der Waals surface area contributed by atoms with Crippen molar-refractivity contribution >= 4 is 12.0 Å². The highest BCUT2D eigenvalue weighted by Crippen LogP contribution is 2.23. The molecule has 1 N–H and O–H groups in total. The van der Waals surface area contributed by atoms with Gasteiger partial charge in [-0.1, -0.05) is 0 Å². The molecule has 1 aromatic carbocycles. The number of nitrogens with zero attached hydrogens (tertiary/aromatic N) is 1. The van der Waals surface area contributed by atoms with Crippen LogP contribution in [-0.4, -0.2) is 29.7 Å². The maximum Gasteiger partial charge on any atom is 0.428 e. The van der Waals surface area contributed by atoms with Crippen molar-refractivity contribution in [3.63, 3.8) is 0 Å². The van der Waals surface area contributed by atoms with E-state index in [1.807, 2.05) is 0 Å². The molecule has 0 aliphatic rings. The molecule has 128 valence electrons. The van der Waals surface area contributed by atoms with E-state index >= 15 is 0 Å². The van der Waals surface area contributed by atoms with Crippen LogP contribution in [0, 0.1) is 29.1 Å². The normalized spacial score (nSPS) is 11.2. The van der Waals surface area contributed by atoms with E-state index in [2.05, 4.69) is 0 Å². The van der Waals surface area contributed by atoms with Gasteiger partial charge in [-0.15, -0.1) is 0 Å². The average Bonchev–Trinajstić information content (AvgIpc) is 2.41. The first-order valence-corrected chi connectivity index (χ1v) is 6.16. The number of benzene rings is 1. The van der Waals surface area contributed by atoms with Crippen molar-refractivity contribution in [2.45, 2.75) is 26.4 Å². The Morgan fingerprint density at radius 1 is 0.913 bits per heavy atom. The van der Waals surface area contributed by atoms with Gasteiger partial charge < -0.3 is 4.74 Å². The smallest absolute Gasteiger partial charge is 0.428 e. The zero-order valence-electron chi connectivity index (χ0n) is 12.6. The summed E-state index contributed by atoms with van der Waals surface area (Å²) in [5.41, 5.74) is -0.983. The third kappa shape index (κ3) is 4.08. The van der Waals surface area contributed by atoms with E-state index in [4.69, 9.17) is 4.74 Å². The number of carbonyl (C=O) groups excluding carboxylic acids is 2. The molecule has 0 saturated heterocycles. The van der Waals surface area contributed by atoms with E-state index in [9.17, 15) is 31.5 Å². The fourth-order valence-electron chi connectivity index (χ4n) is 1.39. The molecule has 0 aliphatic carbocycles. The molecule has 0 aromatic heterocycles. The van der Waals surface area contributed by atoms with Crippen LogP contribution in [-0.2, 0) is 4.74 Å². The largest absolute Gasteiger partial charge is 0.442 e. The Morgan fingerprint density at radius 3 is 1.70 bits per heavy atom. The first-order valence-electron chi connectivity index (χ1n) is 6.16. The van der Waals surface area contributed by atoms with Crippen LogP contribution >= 0.6 is 0 Å². The number of carbonyl (C=O) groups is 2. The van der Waals surface area contributed by atoms with E-state index in [1.54, 1.807) is 5.43 Å². The van der Waals surface area contributed by atoms with Crippen LogP contribution in [0.15, 0.2) is 0 Å². The van der Waals surface area contributed by atoms with Gasteiger partial charge in [0, 0.05) is 7.05 Å². The summed E-state index contributed by atoms with van der Waals surface area (Å²) in [6.07, 6.45) is -1.10. The second-order valence-corrected chi connectivity index (χ2v) is 5.43. The monoisotopic (exact) mass is 340 g/mol. The number of hydrogen-bond donors (Lipinski definition) is 1. The Balaban J connectivity index is 3.06. The number of hydrogen-bond acceptors (Lipinski definition) is 3. The van der Waals surface area contributed by atoms with Crippen molar-refractivity contribution in [3.8, 4) is 0 Å². The molecular formula is C13H13F5N2O3. The lowest BCUT2D eigenvalue weighted by molar-refractivity contribution is 0.0193. The third-order valence-electron chi connectivity index (χ3n) is 2.37. The molecule has 23 heavy (non-hydrogen) atoms. The molecule has 0 spiro atoms. The molecule has 0 aliphatic heterocycles. The van der Waals surface area contributed by atoms with Gasteiger partial charge in [0.15, 0.2) is 23.3 Å². The number of nitrogens with one attached hydrogen (secondary N) is 1. The van der Waals surface area contributed by atoms with E-state index in [0.717, 1.165) is 7.05 Å². The highest BCUT2D eigenvalue weighted by Gasteiger charge is 2.31. The number of hydrazine groups is 1. The summed E-state index contributed by atoms with van der Waals surface area (Å²) in [6.45, 7) is 4.56. The SMILES string of the molecule is CN(NC(=O)c1c(F)c(F)c(F)c(F)c1F)C(=O)OC(C)(C)C. The minimum Gasteiger partial charge on any atom is -0.442 e. The Labute approximate surface area is 128 Å². The summed E-state index contributed by atoms with van der Waals surface area (Å²) in [6, 6.07) is 0. The molecule has 0 atom stereocenters. The Morgan fingerprint density at radius 2 is 1.30 bits per heavy atom. The molecule has 1 aromatic rings. The van der Waals surface area contributed by atoms with Crippen LogP contribution in [0.1, 0.15) is 31.1 Å². The number of amides is 2. The zero-order valence-corrected chi connectivity index (χ0v) is 12.6. The average molecular weight is 340 g/mol. The maximum atomic E-state index is 13.5. The summed E-state index contributed by atoms with van der Waals surface area (Å²) in [5, 5.41) is 0.408. The summed E-state index contributed by atoms with van der Waals surface area (Å²) in [7, 11) is 0.970. The van der Waals surface area contributed by atoms with Crippen molar-refractivity contribution in [2.24, 2.45) is 0 Å². The Hall–Kier alpha value is -2.39. The number of halogens is 5. The predicted molar refractivity (Wildman–Crippen MR) is 67.7 cm³/mol. The summed E-state index contributed by atoms with van der Waals surface area (Å²) < 4.78 is 70.7. The zero-order chi connectivity index (χ0) is 18.1. The molecule has 10 heteroatoms. The van der Waals surface area contributed by atoms with E-state index in [0.29, 0.717) is 5.01 Å². The van der Waals surface area contributed by atoms with Crippen molar-refractivity contribution in [2.75, 3.05) is 7.05 Å². The first-order chi connectivity index (χ1) is 10.4. The van der Waals surface area contributed by atoms with Gasteiger partial charge in [-0.05, 0) is 20.8 Å². The maximum absolute atomic E-state index is 13.5. The number of rotatable bonds is 1. The lowest BCUT2D eigenvalue weighted by Gasteiger charge is -2.24. The Kier molecular flexibility index (Phi) is 5.18. The summed E-state index contributed by atoms with van der Waals surface area (Å²) in [4.78, 5) is 23.3. The van der Waals surface area contributed by atoms with Crippen LogP contribution in [0.2, 0.25) is 0 Å². The van der Waals surface area contributed by atoms with E-state index in [-0.39, 0.29) is 0 Å². The second-order valence-electron chi connectivity index (χ2n) is 5.43. The lowest BCUT2D eigenvalue weighted by atomic mass is 10.1. The highest BCUT2D eigenvalue weighted by atomic mass is 19.2. The minimum atomic E-state index is -2.39. The molecular weight excluding hydrogens is 327 g/mol. The molecule has 0 fully saturated rings. The standard InChI is InChI=1S/C13H13F5N2O3/c1-13(2,3)23-12(22)20(4)19-11(21)5-6(14)8(16)10(18)9(17)7(5)15/h1-4H3,(H,19,21). The van der Waals surface area contributed by atoms with Crippen LogP contribution in [0.3, 0.4) is 0 Å². The summed E-state index contributed by atoms with van der Waals surface area (Å²) >= 11 is 0. The van der Waals surface area contributed by atoms with Crippen LogP contribution in [0.25, 0.3) is 0 Å². The van der Waals surface area contributed by atoms with Gasteiger partial charge >= 0.3 is 6.09 Å². The molecule has 0 radical (unpaired) electrons. The van der Waals surface area contributed by atoms with Gasteiger partial charge in [-0.25, -0.2) is 31.8 Å². The molecule has 0 unspecified atom stereocenters. The van der Waals surface area contributed by atoms with Crippen LogP contribution in [0.5, 0.6) is 0 Å². The first kappa shape index (κ1) is 18.7. The molecule has 1 rings (SSSR count). The quantitative estimate of drug-likeness (QED) is 0.370. The van der Waals surface area contributed by atoms with Crippen LogP contribution < -0.4 is 5.43 Å². The molecule has 2 amide bonds. The van der Waals surface area contributed by atoms with Gasteiger partial charge in [0.25, 0.3) is 5.91 Å². The van der Waals surface area contributed by atoms with Gasteiger partial charge in [0.05, 0.1) is 0 Å². The lowest BCUT2D eigenvalue weighted by Crippen LogP contribution is -2.46. The van der Waals surface area contributed by atoms with E-state index in [1.165, 1.54) is 20.8 Å². The van der Waals surface area contributed by atoms with Crippen LogP contribution in [0.4, 0.5) is 26.7 Å². The molecule has 0 heterocycles. The predicted octanol–water partition coefficient (Wildman–Crippen LogP) is 2.89. The molecule has 0 saturated carbocycles. The minimum absolute atomic E-state index is 0.408. The fraction of sp³-hybridized carbons (Fsp3) is 0.385. The van der Waals surface area contributed by atoms with Crippen molar-refractivity contribution in [1.82, 2.24) is 10.4 Å². The Bertz CT molecular complexity index is 629. The third-order valence-corrected chi connectivity index (χ3v) is 2.37. The highest BCUT2D eigenvalue weighted by molar-refractivity contribution is 5.95. The van der Waals surface area contributed by atoms with Crippen molar-refractivity contribution in [1.29, 1.82) is 0 Å². The summed E-state index contributed by atoms with van der Waals surface area (Å²) in [5.74, 6) is -13.3.